The molecule has 14 heavy (non-hydrogen) atoms. The molecule has 1 atom stereocenters. The van der Waals surface area contributed by atoms with Crippen molar-refractivity contribution in [2.24, 2.45) is 5.73 Å². The Balaban J connectivity index is 2.15. The Morgan fingerprint density at radius 1 is 1.57 bits per heavy atom. The maximum absolute atomic E-state index is 8.68. The average molecular weight is 192 g/mol. The van der Waals surface area contributed by atoms with Crippen LogP contribution in [0, 0.1) is 11.3 Å². The number of unbranched alkanes of at least 4 members (excludes halogenated alkanes) is 1. The third-order valence-corrected chi connectivity index (χ3v) is 2.15. The van der Waals surface area contributed by atoms with Crippen LogP contribution in [0.3, 0.4) is 0 Å². The molecule has 0 saturated carbocycles. The highest BCUT2D eigenvalue weighted by Crippen LogP contribution is 2.09. The van der Waals surface area contributed by atoms with E-state index in [0.717, 1.165) is 25.8 Å². The van der Waals surface area contributed by atoms with Gasteiger partial charge in [-0.1, -0.05) is 0 Å². The third-order valence-electron chi connectivity index (χ3n) is 2.15. The van der Waals surface area contributed by atoms with E-state index in [0.29, 0.717) is 0 Å². The molecule has 2 N–H and O–H groups in total. The lowest BCUT2D eigenvalue weighted by Crippen LogP contribution is -2.33. The van der Waals surface area contributed by atoms with Crippen molar-refractivity contribution in [1.82, 2.24) is 9.78 Å². The van der Waals surface area contributed by atoms with E-state index in [9.17, 15) is 0 Å². The summed E-state index contributed by atoms with van der Waals surface area (Å²) in [7, 11) is 0. The highest BCUT2D eigenvalue weighted by atomic mass is 15.3. The van der Waals surface area contributed by atoms with E-state index in [1.165, 1.54) is 0 Å². The largest absolute Gasteiger partial charge is 0.314 e. The van der Waals surface area contributed by atoms with Crippen LogP contribution in [0.1, 0.15) is 26.2 Å². The van der Waals surface area contributed by atoms with Gasteiger partial charge in [-0.15, -0.1) is 0 Å². The first-order valence-electron chi connectivity index (χ1n) is 4.82. The zero-order valence-electron chi connectivity index (χ0n) is 8.48. The molecule has 0 spiro atoms. The van der Waals surface area contributed by atoms with Crippen molar-refractivity contribution in [3.63, 3.8) is 0 Å². The highest BCUT2D eigenvalue weighted by Gasteiger charge is 2.15. The van der Waals surface area contributed by atoms with Crippen molar-refractivity contribution < 1.29 is 0 Å². The Labute approximate surface area is 84.3 Å². The number of nitrogens with zero attached hydrogens (tertiary/aromatic N) is 3. The Morgan fingerprint density at radius 2 is 2.36 bits per heavy atom. The minimum atomic E-state index is -0.676. The molecule has 1 rings (SSSR count). The van der Waals surface area contributed by atoms with Gasteiger partial charge < -0.3 is 5.73 Å². The molecule has 0 saturated heterocycles. The Bertz CT molecular complexity index is 294. The minimum absolute atomic E-state index is 0.676. The van der Waals surface area contributed by atoms with E-state index in [2.05, 4.69) is 11.2 Å². The van der Waals surface area contributed by atoms with Crippen molar-refractivity contribution in [2.45, 2.75) is 38.3 Å². The van der Waals surface area contributed by atoms with Crippen LogP contribution in [-0.4, -0.2) is 15.3 Å². The van der Waals surface area contributed by atoms with E-state index in [-0.39, 0.29) is 0 Å². The van der Waals surface area contributed by atoms with E-state index < -0.39 is 5.54 Å². The molecular formula is C10H16N4. The lowest BCUT2D eigenvalue weighted by atomic mass is 9.98. The van der Waals surface area contributed by atoms with Crippen LogP contribution >= 0.6 is 0 Å². The van der Waals surface area contributed by atoms with Crippen molar-refractivity contribution >= 4 is 0 Å². The van der Waals surface area contributed by atoms with Gasteiger partial charge in [0.25, 0.3) is 0 Å². The molecule has 4 heteroatoms. The summed E-state index contributed by atoms with van der Waals surface area (Å²) in [6, 6.07) is 4.00. The van der Waals surface area contributed by atoms with Gasteiger partial charge >= 0.3 is 0 Å². The number of aryl methyl sites for hydroxylation is 1. The average Bonchev–Trinajstić information content (AvgIpc) is 2.65. The maximum atomic E-state index is 8.68. The first-order valence-corrected chi connectivity index (χ1v) is 4.82. The topological polar surface area (TPSA) is 67.6 Å². The van der Waals surface area contributed by atoms with Gasteiger partial charge in [-0.05, 0) is 32.3 Å². The molecule has 0 amide bonds. The predicted octanol–water partition coefficient (Wildman–Crippen LogP) is 1.29. The van der Waals surface area contributed by atoms with Crippen LogP contribution in [0.5, 0.6) is 0 Å². The third kappa shape index (κ3) is 3.58. The summed E-state index contributed by atoms with van der Waals surface area (Å²) in [5, 5.41) is 12.8. The van der Waals surface area contributed by atoms with Crippen LogP contribution in [0.25, 0.3) is 0 Å². The lowest BCUT2D eigenvalue weighted by Gasteiger charge is -2.14. The molecule has 0 aliphatic heterocycles. The summed E-state index contributed by atoms with van der Waals surface area (Å²) >= 11 is 0. The Hall–Kier alpha value is -1.34. The standard InChI is InChI=1S/C10H16N4/c1-10(12,9-11)5-2-3-7-14-8-4-6-13-14/h4,6,8H,2-3,5,7,12H2,1H3. The van der Waals surface area contributed by atoms with Crippen molar-refractivity contribution in [1.29, 1.82) is 5.26 Å². The smallest absolute Gasteiger partial charge is 0.101 e. The Kier molecular flexibility index (Phi) is 3.66. The fraction of sp³-hybridized carbons (Fsp3) is 0.600. The Morgan fingerprint density at radius 3 is 2.93 bits per heavy atom. The van der Waals surface area contributed by atoms with Crippen LogP contribution < -0.4 is 5.73 Å². The van der Waals surface area contributed by atoms with Gasteiger partial charge in [-0.25, -0.2) is 0 Å². The molecule has 0 fully saturated rings. The highest BCUT2D eigenvalue weighted by molar-refractivity contribution is 5.00. The van der Waals surface area contributed by atoms with Crippen molar-refractivity contribution in [2.75, 3.05) is 0 Å². The monoisotopic (exact) mass is 192 g/mol. The molecule has 0 radical (unpaired) electrons. The van der Waals surface area contributed by atoms with Gasteiger partial charge in [0, 0.05) is 18.9 Å². The van der Waals surface area contributed by atoms with E-state index in [4.69, 9.17) is 11.0 Å². The second kappa shape index (κ2) is 4.77. The molecule has 76 valence electrons. The van der Waals surface area contributed by atoms with E-state index in [1.54, 1.807) is 13.1 Å². The van der Waals surface area contributed by atoms with Gasteiger partial charge in [0.05, 0.1) is 6.07 Å². The quantitative estimate of drug-likeness (QED) is 0.715. The molecule has 1 unspecified atom stereocenters. The first-order chi connectivity index (χ1) is 6.64. The summed E-state index contributed by atoms with van der Waals surface area (Å²) < 4.78 is 1.89. The fourth-order valence-electron chi connectivity index (χ4n) is 1.25. The molecule has 1 aromatic heterocycles. The number of nitrogens with two attached hydrogens (primary N) is 1. The number of hydrogen-bond donors (Lipinski definition) is 1. The predicted molar refractivity (Wildman–Crippen MR) is 54.3 cm³/mol. The summed E-state index contributed by atoms with van der Waals surface area (Å²) in [5.41, 5.74) is 5.02. The minimum Gasteiger partial charge on any atom is -0.314 e. The van der Waals surface area contributed by atoms with Crippen molar-refractivity contribution in [3.05, 3.63) is 18.5 Å². The number of hydrogen-bond acceptors (Lipinski definition) is 3. The molecule has 0 aromatic carbocycles. The van der Waals surface area contributed by atoms with Gasteiger partial charge in [0.15, 0.2) is 0 Å². The first kappa shape index (κ1) is 10.7. The molecule has 1 aromatic rings. The molecule has 4 nitrogen and oxygen atoms in total. The van der Waals surface area contributed by atoms with Crippen molar-refractivity contribution in [3.8, 4) is 6.07 Å². The molecular weight excluding hydrogens is 176 g/mol. The SMILES string of the molecule is CC(N)(C#N)CCCCn1cccn1. The molecule has 0 bridgehead atoms. The summed E-state index contributed by atoms with van der Waals surface area (Å²) in [6.07, 6.45) is 6.41. The second-order valence-electron chi connectivity index (χ2n) is 3.76. The number of aromatic nitrogens is 2. The summed E-state index contributed by atoms with van der Waals surface area (Å²) in [6.45, 7) is 2.66. The summed E-state index contributed by atoms with van der Waals surface area (Å²) in [4.78, 5) is 0. The van der Waals surface area contributed by atoms with Crippen LogP contribution in [0.2, 0.25) is 0 Å². The zero-order chi connectivity index (χ0) is 10.4. The van der Waals surface area contributed by atoms with Gasteiger partial charge in [-0.2, -0.15) is 10.4 Å². The molecule has 0 aliphatic rings. The number of nitriles is 1. The van der Waals surface area contributed by atoms with Gasteiger partial charge in [0.2, 0.25) is 0 Å². The van der Waals surface area contributed by atoms with E-state index in [1.807, 2.05) is 16.9 Å². The fourth-order valence-corrected chi connectivity index (χ4v) is 1.25. The van der Waals surface area contributed by atoms with Crippen LogP contribution in [0.4, 0.5) is 0 Å². The van der Waals surface area contributed by atoms with E-state index >= 15 is 0 Å². The maximum Gasteiger partial charge on any atom is 0.101 e. The molecule has 1 heterocycles. The second-order valence-corrected chi connectivity index (χ2v) is 3.76. The lowest BCUT2D eigenvalue weighted by molar-refractivity contribution is 0.475. The number of rotatable bonds is 5. The normalized spacial score (nSPS) is 14.6. The van der Waals surface area contributed by atoms with Crippen LogP contribution in [-0.2, 0) is 6.54 Å². The summed E-state index contributed by atoms with van der Waals surface area (Å²) in [5.74, 6) is 0. The van der Waals surface area contributed by atoms with Gasteiger partial charge in [-0.3, -0.25) is 4.68 Å². The zero-order valence-corrected chi connectivity index (χ0v) is 8.48. The van der Waals surface area contributed by atoms with Gasteiger partial charge in [0.1, 0.15) is 5.54 Å². The van der Waals surface area contributed by atoms with Crippen LogP contribution in [0.15, 0.2) is 18.5 Å². The molecule has 0 aliphatic carbocycles.